The largest absolute Gasteiger partial charge is 0.461 e. The number of aryl methyl sites for hydroxylation is 1. The number of rotatable bonds is 3. The summed E-state index contributed by atoms with van der Waals surface area (Å²) in [6.45, 7) is 1.99. The molecule has 0 saturated heterocycles. The van der Waals surface area contributed by atoms with E-state index >= 15 is 0 Å². The van der Waals surface area contributed by atoms with Crippen molar-refractivity contribution in [2.24, 2.45) is 5.10 Å². The maximum absolute atomic E-state index is 13.5. The third-order valence-corrected chi connectivity index (χ3v) is 5.54. The van der Waals surface area contributed by atoms with E-state index in [1.807, 2.05) is 36.4 Å². The molecule has 1 N–H and O–H groups in total. The van der Waals surface area contributed by atoms with Crippen molar-refractivity contribution < 1.29 is 14.3 Å². The molecule has 0 saturated carbocycles. The van der Waals surface area contributed by atoms with E-state index in [2.05, 4.69) is 10.5 Å². The number of hydrogen-bond acceptors (Lipinski definition) is 5. The van der Waals surface area contributed by atoms with Crippen LogP contribution in [-0.2, 0) is 16.0 Å². The maximum atomic E-state index is 13.5. The summed E-state index contributed by atoms with van der Waals surface area (Å²) in [6.07, 6.45) is 1.27. The smallest absolute Gasteiger partial charge is 0.355 e. The van der Waals surface area contributed by atoms with Crippen molar-refractivity contribution in [3.05, 3.63) is 70.2 Å². The Morgan fingerprint density at radius 2 is 2.00 bits per heavy atom. The fourth-order valence-electron chi connectivity index (χ4n) is 4.02. The lowest BCUT2D eigenvalue weighted by Gasteiger charge is -2.37. The van der Waals surface area contributed by atoms with Gasteiger partial charge in [0.05, 0.1) is 12.5 Å². The van der Waals surface area contributed by atoms with E-state index in [0.29, 0.717) is 17.0 Å². The second-order valence-corrected chi connectivity index (χ2v) is 7.21. The Hall–Kier alpha value is -2.66. The molecule has 0 radical (unpaired) electrons. The molecule has 4 rings (SSSR count). The van der Waals surface area contributed by atoms with Crippen LogP contribution in [0.1, 0.15) is 40.7 Å². The van der Waals surface area contributed by atoms with E-state index in [9.17, 15) is 9.59 Å². The number of hydrazone groups is 1. The summed E-state index contributed by atoms with van der Waals surface area (Å²) in [4.78, 5) is 26.0. The minimum absolute atomic E-state index is 0.0488. The first-order chi connectivity index (χ1) is 13.1. The molecule has 6 heteroatoms. The number of hydrogen-bond donors (Lipinski definition) is 1. The Labute approximate surface area is 162 Å². The van der Waals surface area contributed by atoms with Crippen molar-refractivity contribution in [2.75, 3.05) is 6.61 Å². The number of fused-ring (bicyclic) bond motifs is 1. The summed E-state index contributed by atoms with van der Waals surface area (Å²) in [5.41, 5.74) is 4.76. The lowest BCUT2D eigenvalue weighted by molar-refractivity contribution is -0.135. The van der Waals surface area contributed by atoms with Crippen LogP contribution in [0.4, 0.5) is 0 Å². The van der Waals surface area contributed by atoms with E-state index in [-0.39, 0.29) is 18.1 Å². The van der Waals surface area contributed by atoms with Crippen molar-refractivity contribution in [2.45, 2.75) is 31.2 Å². The van der Waals surface area contributed by atoms with Gasteiger partial charge in [0.25, 0.3) is 0 Å². The zero-order valence-electron chi connectivity index (χ0n) is 14.9. The van der Waals surface area contributed by atoms with E-state index in [1.54, 1.807) is 19.1 Å². The molecule has 0 aromatic heterocycles. The highest BCUT2D eigenvalue weighted by Crippen LogP contribution is 2.43. The summed E-state index contributed by atoms with van der Waals surface area (Å²) in [5, 5.41) is 4.86. The standard InChI is InChI=1S/C21H19ClN2O3/c1-2-27-20(26)18-17(14-7-9-15(22)10-8-14)21(24-23-18)12-11-13-5-3-4-6-16(13)19(21)25/h3-10,17,24H,2,11-12H2,1H3/t17-,21-/m1/s1. The molecule has 2 aromatic rings. The van der Waals surface area contributed by atoms with Crippen LogP contribution < -0.4 is 5.43 Å². The Morgan fingerprint density at radius 1 is 1.26 bits per heavy atom. The minimum atomic E-state index is -0.996. The van der Waals surface area contributed by atoms with Gasteiger partial charge in [-0.2, -0.15) is 5.10 Å². The zero-order chi connectivity index (χ0) is 19.0. The van der Waals surface area contributed by atoms with Crippen molar-refractivity contribution in [1.29, 1.82) is 0 Å². The maximum Gasteiger partial charge on any atom is 0.355 e. The van der Waals surface area contributed by atoms with Gasteiger partial charge in [-0.3, -0.25) is 10.2 Å². The average Bonchev–Trinajstić information content (AvgIpc) is 3.06. The van der Waals surface area contributed by atoms with Crippen LogP contribution in [0.5, 0.6) is 0 Å². The second-order valence-electron chi connectivity index (χ2n) is 6.77. The van der Waals surface area contributed by atoms with Crippen LogP contribution >= 0.6 is 11.6 Å². The highest BCUT2D eigenvalue weighted by Gasteiger charge is 2.56. The quantitative estimate of drug-likeness (QED) is 0.825. The van der Waals surface area contributed by atoms with Crippen LogP contribution in [0.15, 0.2) is 53.6 Å². The molecule has 1 heterocycles. The number of carbonyl (C=O) groups excluding carboxylic acids is 2. The second kappa shape index (κ2) is 6.82. The first kappa shape index (κ1) is 17.7. The van der Waals surface area contributed by atoms with Crippen molar-refractivity contribution in [3.63, 3.8) is 0 Å². The van der Waals surface area contributed by atoms with Gasteiger partial charge >= 0.3 is 5.97 Å². The lowest BCUT2D eigenvalue weighted by Crippen LogP contribution is -2.55. The first-order valence-electron chi connectivity index (χ1n) is 8.97. The summed E-state index contributed by atoms with van der Waals surface area (Å²) in [6, 6.07) is 14.8. The normalized spacial score (nSPS) is 23.6. The van der Waals surface area contributed by atoms with Crippen LogP contribution in [0.25, 0.3) is 0 Å². The predicted octanol–water partition coefficient (Wildman–Crippen LogP) is 3.51. The molecule has 2 aromatic carbocycles. The van der Waals surface area contributed by atoms with Gasteiger partial charge in [0.15, 0.2) is 11.5 Å². The highest BCUT2D eigenvalue weighted by molar-refractivity contribution is 6.40. The number of nitrogens with one attached hydrogen (secondary N) is 1. The number of esters is 1. The van der Waals surface area contributed by atoms with E-state index in [0.717, 1.165) is 17.5 Å². The number of carbonyl (C=O) groups is 2. The molecule has 0 amide bonds. The number of halogens is 1. The Balaban J connectivity index is 1.82. The Kier molecular flexibility index (Phi) is 4.48. The van der Waals surface area contributed by atoms with Gasteiger partial charge in [-0.15, -0.1) is 0 Å². The molecule has 0 bridgehead atoms. The number of nitrogens with zero attached hydrogens (tertiary/aromatic N) is 1. The third-order valence-electron chi connectivity index (χ3n) is 5.29. The predicted molar refractivity (Wildman–Crippen MR) is 103 cm³/mol. The van der Waals surface area contributed by atoms with Gasteiger partial charge < -0.3 is 4.74 Å². The van der Waals surface area contributed by atoms with Gasteiger partial charge in [0, 0.05) is 10.6 Å². The van der Waals surface area contributed by atoms with Crippen molar-refractivity contribution >= 4 is 29.1 Å². The van der Waals surface area contributed by atoms with E-state index in [1.165, 1.54) is 0 Å². The van der Waals surface area contributed by atoms with Crippen molar-refractivity contribution in [1.82, 2.24) is 5.43 Å². The Bertz CT molecular complexity index is 939. The van der Waals surface area contributed by atoms with Crippen LogP contribution in [0.2, 0.25) is 5.02 Å². The van der Waals surface area contributed by atoms with E-state index < -0.39 is 17.4 Å². The van der Waals surface area contributed by atoms with Gasteiger partial charge in [-0.1, -0.05) is 48.0 Å². The third kappa shape index (κ3) is 2.82. The summed E-state index contributed by atoms with van der Waals surface area (Å²) in [7, 11) is 0. The molecule has 1 aliphatic carbocycles. The molecule has 27 heavy (non-hydrogen) atoms. The topological polar surface area (TPSA) is 67.8 Å². The minimum Gasteiger partial charge on any atom is -0.461 e. The average molecular weight is 383 g/mol. The monoisotopic (exact) mass is 382 g/mol. The number of ether oxygens (including phenoxy) is 1. The number of ketones is 1. The highest BCUT2D eigenvalue weighted by atomic mass is 35.5. The van der Waals surface area contributed by atoms with Gasteiger partial charge in [0.1, 0.15) is 5.54 Å². The fourth-order valence-corrected chi connectivity index (χ4v) is 4.14. The number of benzene rings is 2. The molecule has 2 aliphatic rings. The SMILES string of the molecule is CCOC(=O)C1=NN[C@]2(CCc3ccccc3C2=O)[C@@H]1c1ccc(Cl)cc1. The molecule has 2 atom stereocenters. The summed E-state index contributed by atoms with van der Waals surface area (Å²) < 4.78 is 5.19. The molecule has 0 fully saturated rings. The lowest BCUT2D eigenvalue weighted by atomic mass is 9.67. The van der Waals surface area contributed by atoms with Crippen LogP contribution in [0, 0.1) is 0 Å². The molecular weight excluding hydrogens is 364 g/mol. The first-order valence-corrected chi connectivity index (χ1v) is 9.34. The molecule has 138 valence electrons. The Morgan fingerprint density at radius 3 is 2.74 bits per heavy atom. The van der Waals surface area contributed by atoms with Gasteiger partial charge in [-0.25, -0.2) is 4.79 Å². The molecular formula is C21H19ClN2O3. The van der Waals surface area contributed by atoms with Crippen LogP contribution in [-0.4, -0.2) is 29.6 Å². The zero-order valence-corrected chi connectivity index (χ0v) is 15.6. The summed E-state index contributed by atoms with van der Waals surface area (Å²) in [5.74, 6) is -1.09. The molecule has 5 nitrogen and oxygen atoms in total. The number of Topliss-reactive ketones (excluding diaryl/α,β-unsaturated/α-hetero) is 1. The molecule has 0 unspecified atom stereocenters. The fraction of sp³-hybridized carbons (Fsp3) is 0.286. The van der Waals surface area contributed by atoms with Crippen LogP contribution in [0.3, 0.4) is 0 Å². The molecule has 1 spiro atoms. The van der Waals surface area contributed by atoms with Gasteiger partial charge in [0.2, 0.25) is 0 Å². The van der Waals surface area contributed by atoms with Crippen molar-refractivity contribution in [3.8, 4) is 0 Å². The van der Waals surface area contributed by atoms with Gasteiger partial charge in [-0.05, 0) is 43.0 Å². The van der Waals surface area contributed by atoms with E-state index in [4.69, 9.17) is 16.3 Å². The summed E-state index contributed by atoms with van der Waals surface area (Å²) >= 11 is 6.04. The molecule has 1 aliphatic heterocycles.